The Labute approximate surface area is 256 Å². The minimum Gasteiger partial charge on any atom is -0.457 e. The van der Waals surface area contributed by atoms with E-state index in [2.05, 4.69) is 62.2 Å². The van der Waals surface area contributed by atoms with Crippen LogP contribution in [0.4, 0.5) is 4.39 Å². The van der Waals surface area contributed by atoms with Crippen molar-refractivity contribution in [3.05, 3.63) is 132 Å². The lowest BCUT2D eigenvalue weighted by Crippen LogP contribution is -2.00. The lowest BCUT2D eigenvalue weighted by Gasteiger charge is -2.11. The molecule has 0 bridgehead atoms. The zero-order valence-corrected chi connectivity index (χ0v) is 25.3. The second-order valence-corrected chi connectivity index (χ2v) is 11.4. The molecule has 1 unspecified atom stereocenters. The van der Waals surface area contributed by atoms with Crippen molar-refractivity contribution in [2.45, 2.75) is 40.0 Å². The van der Waals surface area contributed by atoms with Crippen molar-refractivity contribution >= 4 is 21.8 Å². The highest BCUT2D eigenvalue weighted by Gasteiger charge is 2.18. The topological polar surface area (TPSA) is 44.9 Å². The molecule has 7 aromatic rings. The number of halogens is 1. The van der Waals surface area contributed by atoms with E-state index < -0.39 is 0 Å². The molecule has 5 nitrogen and oxygen atoms in total. The largest absolute Gasteiger partial charge is 0.457 e. The molecule has 0 spiro atoms. The summed E-state index contributed by atoms with van der Waals surface area (Å²) >= 11 is 0. The van der Waals surface area contributed by atoms with Gasteiger partial charge in [-0.1, -0.05) is 56.3 Å². The van der Waals surface area contributed by atoms with Crippen LogP contribution in [0.2, 0.25) is 0 Å². The Morgan fingerprint density at radius 3 is 2.41 bits per heavy atom. The van der Waals surface area contributed by atoms with Gasteiger partial charge in [-0.25, -0.2) is 14.1 Å². The van der Waals surface area contributed by atoms with Crippen LogP contribution in [0, 0.1) is 19.7 Å². The highest BCUT2D eigenvalue weighted by molar-refractivity contribution is 6.09. The molecule has 0 saturated heterocycles. The molecule has 0 fully saturated rings. The first-order chi connectivity index (χ1) is 21.4. The fourth-order valence-electron chi connectivity index (χ4n) is 6.12. The number of aromatic nitrogens is 4. The number of hydrogen-bond donors (Lipinski definition) is 0. The van der Waals surface area contributed by atoms with E-state index >= 15 is 0 Å². The second kappa shape index (κ2) is 11.1. The normalized spacial score (nSPS) is 12.2. The van der Waals surface area contributed by atoms with E-state index in [1.165, 1.54) is 23.9 Å². The first-order valence-electron chi connectivity index (χ1n) is 15.0. The third-order valence-corrected chi connectivity index (χ3v) is 8.53. The minimum absolute atomic E-state index is 0.329. The standard InChI is InChI=1S/C38H33FN4O/c1-5-24(2)28-14-17-35-34(20-28)33-16-15-32(23-36(33)42(35)37-21-29(39)18-19-40-37)44-31-13-9-12-30(22-31)43-26(4)38(25(3)41-43)27-10-7-6-8-11-27/h6-24H,5H2,1-4H3. The Kier molecular flexibility index (Phi) is 6.97. The molecule has 0 aliphatic rings. The van der Waals surface area contributed by atoms with Gasteiger partial charge >= 0.3 is 0 Å². The van der Waals surface area contributed by atoms with Gasteiger partial charge in [0.05, 0.1) is 22.4 Å². The maximum atomic E-state index is 14.4. The number of benzene rings is 4. The van der Waals surface area contributed by atoms with Crippen LogP contribution in [-0.2, 0) is 0 Å². The summed E-state index contributed by atoms with van der Waals surface area (Å²) < 4.78 is 24.8. The molecule has 0 aliphatic heterocycles. The highest BCUT2D eigenvalue weighted by Crippen LogP contribution is 2.37. The SMILES string of the molecule is CCC(C)c1ccc2c(c1)c1ccc(Oc3cccc(-n4nc(C)c(-c5ccccc5)c4C)c3)cc1n2-c1cc(F)ccn1. The van der Waals surface area contributed by atoms with Crippen LogP contribution in [0.15, 0.2) is 109 Å². The van der Waals surface area contributed by atoms with Gasteiger partial charge in [-0.05, 0) is 79.8 Å². The average molecular weight is 581 g/mol. The molecule has 4 aromatic carbocycles. The smallest absolute Gasteiger partial charge is 0.140 e. The lowest BCUT2D eigenvalue weighted by atomic mass is 9.97. The van der Waals surface area contributed by atoms with Gasteiger partial charge in [0.25, 0.3) is 0 Å². The molecule has 3 heterocycles. The number of ether oxygens (including phenoxy) is 1. The first-order valence-corrected chi connectivity index (χ1v) is 15.0. The number of fused-ring (bicyclic) bond motifs is 3. The van der Waals surface area contributed by atoms with E-state index in [1.807, 2.05) is 70.8 Å². The van der Waals surface area contributed by atoms with E-state index in [9.17, 15) is 4.39 Å². The molecule has 7 rings (SSSR count). The molecular formula is C38H33FN4O. The van der Waals surface area contributed by atoms with Crippen LogP contribution in [0.25, 0.3) is 44.4 Å². The third kappa shape index (κ3) is 4.82. The van der Waals surface area contributed by atoms with E-state index in [1.54, 1.807) is 0 Å². The van der Waals surface area contributed by atoms with E-state index in [4.69, 9.17) is 9.84 Å². The Hall–Kier alpha value is -5.23. The van der Waals surface area contributed by atoms with Crippen LogP contribution >= 0.6 is 0 Å². The van der Waals surface area contributed by atoms with Crippen molar-refractivity contribution in [1.82, 2.24) is 19.3 Å². The Morgan fingerprint density at radius 2 is 1.61 bits per heavy atom. The van der Waals surface area contributed by atoms with Gasteiger partial charge < -0.3 is 4.74 Å². The van der Waals surface area contributed by atoms with Crippen molar-refractivity contribution < 1.29 is 9.13 Å². The summed E-state index contributed by atoms with van der Waals surface area (Å²) in [6, 6.07) is 33.7. The van der Waals surface area contributed by atoms with Crippen LogP contribution < -0.4 is 4.74 Å². The lowest BCUT2D eigenvalue weighted by molar-refractivity contribution is 0.482. The minimum atomic E-state index is -0.329. The first kappa shape index (κ1) is 27.6. The summed E-state index contributed by atoms with van der Waals surface area (Å²) in [6.07, 6.45) is 2.56. The van der Waals surface area contributed by atoms with Crippen molar-refractivity contribution in [3.8, 4) is 34.1 Å². The number of aryl methyl sites for hydroxylation is 1. The molecule has 0 N–H and O–H groups in total. The van der Waals surface area contributed by atoms with E-state index in [-0.39, 0.29) is 5.82 Å². The highest BCUT2D eigenvalue weighted by atomic mass is 19.1. The number of pyridine rings is 1. The Bertz CT molecular complexity index is 2140. The predicted molar refractivity (Wildman–Crippen MR) is 176 cm³/mol. The summed E-state index contributed by atoms with van der Waals surface area (Å²) in [5.41, 5.74) is 8.40. The fraction of sp³-hybridized carbons (Fsp3) is 0.158. The monoisotopic (exact) mass is 580 g/mol. The summed E-state index contributed by atoms with van der Waals surface area (Å²) in [7, 11) is 0. The van der Waals surface area contributed by atoms with Crippen LogP contribution in [0.1, 0.15) is 43.1 Å². The molecule has 0 radical (unpaired) electrons. The van der Waals surface area contributed by atoms with Gasteiger partial charge in [-0.3, -0.25) is 4.57 Å². The Morgan fingerprint density at radius 1 is 0.795 bits per heavy atom. The molecule has 218 valence electrons. The predicted octanol–water partition coefficient (Wildman–Crippen LogP) is 10.1. The second-order valence-electron chi connectivity index (χ2n) is 11.4. The summed E-state index contributed by atoms with van der Waals surface area (Å²) in [5, 5.41) is 7.04. The number of rotatable bonds is 7. The molecule has 3 aromatic heterocycles. The third-order valence-electron chi connectivity index (χ3n) is 8.53. The van der Waals surface area contributed by atoms with Gasteiger partial charge in [0.15, 0.2) is 0 Å². The van der Waals surface area contributed by atoms with Gasteiger partial charge in [-0.15, -0.1) is 0 Å². The number of nitrogens with zero attached hydrogens (tertiary/aromatic N) is 4. The molecule has 0 saturated carbocycles. The van der Waals surface area contributed by atoms with Crippen molar-refractivity contribution in [2.24, 2.45) is 0 Å². The van der Waals surface area contributed by atoms with Gasteiger partial charge in [-0.2, -0.15) is 5.10 Å². The molecule has 44 heavy (non-hydrogen) atoms. The van der Waals surface area contributed by atoms with Crippen molar-refractivity contribution in [2.75, 3.05) is 0 Å². The zero-order valence-electron chi connectivity index (χ0n) is 25.3. The summed E-state index contributed by atoms with van der Waals surface area (Å²) in [5.74, 6) is 2.01. The maximum Gasteiger partial charge on any atom is 0.140 e. The molecular weight excluding hydrogens is 547 g/mol. The van der Waals surface area contributed by atoms with Gasteiger partial charge in [0, 0.05) is 46.4 Å². The van der Waals surface area contributed by atoms with Crippen LogP contribution in [0.3, 0.4) is 0 Å². The summed E-state index contributed by atoms with van der Waals surface area (Å²) in [6.45, 7) is 8.57. The molecule has 6 heteroatoms. The van der Waals surface area contributed by atoms with E-state index in [0.29, 0.717) is 23.2 Å². The van der Waals surface area contributed by atoms with Gasteiger partial charge in [0.2, 0.25) is 0 Å². The van der Waals surface area contributed by atoms with Gasteiger partial charge in [0.1, 0.15) is 23.1 Å². The van der Waals surface area contributed by atoms with Crippen LogP contribution in [-0.4, -0.2) is 19.3 Å². The van der Waals surface area contributed by atoms with Crippen molar-refractivity contribution in [3.63, 3.8) is 0 Å². The zero-order chi connectivity index (χ0) is 30.4. The van der Waals surface area contributed by atoms with E-state index in [0.717, 1.165) is 56.4 Å². The summed E-state index contributed by atoms with van der Waals surface area (Å²) in [4.78, 5) is 4.53. The maximum absolute atomic E-state index is 14.4. The fourth-order valence-corrected chi connectivity index (χ4v) is 6.12. The van der Waals surface area contributed by atoms with Crippen molar-refractivity contribution in [1.29, 1.82) is 0 Å². The van der Waals surface area contributed by atoms with Crippen LogP contribution in [0.5, 0.6) is 11.5 Å². The quantitative estimate of drug-likeness (QED) is 0.188. The molecule has 0 aliphatic carbocycles. The number of hydrogen-bond acceptors (Lipinski definition) is 3. The molecule has 1 atom stereocenters. The Balaban J connectivity index is 1.30. The molecule has 0 amide bonds. The average Bonchev–Trinajstić information content (AvgIpc) is 3.53.